The lowest BCUT2D eigenvalue weighted by molar-refractivity contribution is -0.442. The van der Waals surface area contributed by atoms with Crippen molar-refractivity contribution in [3.63, 3.8) is 0 Å². The number of amides is 1. The van der Waals surface area contributed by atoms with Crippen LogP contribution in [0.2, 0.25) is 0 Å². The Balaban J connectivity index is 4.27. The van der Waals surface area contributed by atoms with E-state index in [1.807, 2.05) is 0 Å². The van der Waals surface area contributed by atoms with Gasteiger partial charge < -0.3 is 41.0 Å². The smallest absolute Gasteiger partial charge is 0.225 e. The molecular weight excluding hydrogens is 253 g/mol. The summed E-state index contributed by atoms with van der Waals surface area (Å²) < 4.78 is 10.3. The van der Waals surface area contributed by atoms with Crippen molar-refractivity contribution in [3.8, 4) is 0 Å². The van der Waals surface area contributed by atoms with Gasteiger partial charge in [0.15, 0.2) is 0 Å². The van der Waals surface area contributed by atoms with E-state index in [-0.39, 0.29) is 13.0 Å². The van der Waals surface area contributed by atoms with Gasteiger partial charge in [-0.1, -0.05) is 7.60 Å². The van der Waals surface area contributed by atoms with Gasteiger partial charge >= 0.3 is 0 Å². The zero-order valence-electron chi connectivity index (χ0n) is 9.09. The van der Waals surface area contributed by atoms with Crippen molar-refractivity contribution in [2.75, 3.05) is 12.7 Å². The summed E-state index contributed by atoms with van der Waals surface area (Å²) in [6.07, 6.45) is -1.20. The van der Waals surface area contributed by atoms with E-state index in [2.05, 4.69) is 16.8 Å². The summed E-state index contributed by atoms with van der Waals surface area (Å²) in [7, 11) is -4.92. The van der Waals surface area contributed by atoms with Gasteiger partial charge in [-0.2, -0.15) is 0 Å². The highest BCUT2D eigenvalue weighted by molar-refractivity contribution is 7.49. The Morgan fingerprint density at radius 3 is 2.24 bits per heavy atom. The third kappa shape index (κ3) is 7.83. The number of nitrogens with one attached hydrogen (secondary N) is 1. The average molecular weight is 268 g/mol. The van der Waals surface area contributed by atoms with Crippen LogP contribution in [-0.2, 0) is 14.2 Å². The van der Waals surface area contributed by atoms with E-state index in [9.17, 15) is 29.0 Å². The first kappa shape index (κ1) is 16.0. The molecule has 0 aromatic carbocycles. The lowest BCUT2D eigenvalue weighted by Crippen LogP contribution is -2.71. The van der Waals surface area contributed by atoms with Crippen LogP contribution in [0.25, 0.3) is 0 Å². The van der Waals surface area contributed by atoms with Crippen LogP contribution in [0, 0.1) is 0 Å². The highest BCUT2D eigenvalue weighted by Gasteiger charge is 2.19. The first-order valence-electron chi connectivity index (χ1n) is 4.79. The topological polar surface area (TPSA) is 188 Å². The molecule has 0 rings (SSSR count). The molecule has 0 aliphatic heterocycles. The molecule has 17 heavy (non-hydrogen) atoms. The molecule has 100 valence electrons. The van der Waals surface area contributed by atoms with Gasteiger partial charge in [0.05, 0.1) is 24.7 Å². The van der Waals surface area contributed by atoms with Crippen molar-refractivity contribution in [1.29, 1.82) is 0 Å². The number of carboxylic acids is 1. The molecule has 1 unspecified atom stereocenters. The standard InChI is InChI=1S/C7H16N3O6P/c8-2-4(1-5(9)7(12)13)10-6(11)3-17(14,15)16/h4-5H,1-3,8-9H2,(H,10,11)(H,12,13)(H2,14,15,16)/p-1/t4?,5-/m0/s1. The summed E-state index contributed by atoms with van der Waals surface area (Å²) in [5.74, 6) is -2.35. The fraction of sp³-hybridized carbons (Fsp3) is 0.714. The third-order valence-corrected chi connectivity index (χ3v) is 2.63. The number of hydrogen-bond acceptors (Lipinski definition) is 6. The molecule has 0 aliphatic carbocycles. The molecule has 1 amide bonds. The largest absolute Gasteiger partial charge is 0.810 e. The Morgan fingerprint density at radius 2 is 1.88 bits per heavy atom. The predicted octanol–water partition coefficient (Wildman–Crippen LogP) is -6.62. The van der Waals surface area contributed by atoms with Crippen LogP contribution in [0.1, 0.15) is 6.42 Å². The van der Waals surface area contributed by atoms with E-state index in [4.69, 9.17) is 0 Å². The van der Waals surface area contributed by atoms with Crippen LogP contribution in [-0.4, -0.2) is 36.7 Å². The van der Waals surface area contributed by atoms with Gasteiger partial charge in [-0.3, -0.25) is 4.79 Å². The Hall–Kier alpha value is -0.990. The molecule has 0 bridgehead atoms. The normalized spacial score (nSPS) is 15.1. The van der Waals surface area contributed by atoms with Crippen molar-refractivity contribution in [3.05, 3.63) is 0 Å². The summed E-state index contributed by atoms with van der Waals surface area (Å²) in [6.45, 7) is 0.146. The van der Waals surface area contributed by atoms with E-state index in [0.29, 0.717) is 0 Å². The van der Waals surface area contributed by atoms with Crippen LogP contribution >= 0.6 is 7.60 Å². The predicted molar refractivity (Wildman–Crippen MR) is 48.5 cm³/mol. The summed E-state index contributed by atoms with van der Waals surface area (Å²) >= 11 is 0. The van der Waals surface area contributed by atoms with Crippen LogP contribution in [0.15, 0.2) is 0 Å². The maximum atomic E-state index is 11.1. The van der Waals surface area contributed by atoms with Gasteiger partial charge in [-0.15, -0.1) is 0 Å². The second-order valence-electron chi connectivity index (χ2n) is 3.57. The van der Waals surface area contributed by atoms with E-state index in [1.165, 1.54) is 0 Å². The Bertz CT molecular complexity index is 330. The zero-order chi connectivity index (χ0) is 13.6. The zero-order valence-corrected chi connectivity index (χ0v) is 9.98. The quantitative estimate of drug-likeness (QED) is 0.384. The van der Waals surface area contributed by atoms with Crippen LogP contribution in [0.5, 0.6) is 0 Å². The van der Waals surface area contributed by atoms with Gasteiger partial charge in [0, 0.05) is 6.42 Å². The van der Waals surface area contributed by atoms with E-state index in [0.717, 1.165) is 0 Å². The van der Waals surface area contributed by atoms with Gasteiger partial charge in [0.2, 0.25) is 5.91 Å². The lowest BCUT2D eigenvalue weighted by atomic mass is 10.1. The number of hydrogen-bond donors (Lipinski definition) is 3. The van der Waals surface area contributed by atoms with Crippen LogP contribution in [0.3, 0.4) is 0 Å². The second kappa shape index (κ2) is 6.67. The van der Waals surface area contributed by atoms with Crippen LogP contribution < -0.4 is 31.7 Å². The number of carbonyl (C=O) groups excluding carboxylic acids is 2. The monoisotopic (exact) mass is 268 g/mol. The Labute approximate surface area is 97.3 Å². The van der Waals surface area contributed by atoms with E-state index in [1.54, 1.807) is 0 Å². The number of quaternary nitrogens is 2. The highest BCUT2D eigenvalue weighted by atomic mass is 31.2. The summed E-state index contributed by atoms with van der Waals surface area (Å²) in [4.78, 5) is 42.1. The molecule has 0 saturated heterocycles. The molecule has 2 atom stereocenters. The van der Waals surface area contributed by atoms with Gasteiger partial charge in [0.1, 0.15) is 6.04 Å². The minimum absolute atomic E-state index is 0.0421. The molecule has 0 aliphatic rings. The molecular formula is C7H15N3O6P-. The molecule has 0 radical (unpaired) electrons. The van der Waals surface area contributed by atoms with Gasteiger partial charge in [0.25, 0.3) is 0 Å². The van der Waals surface area contributed by atoms with E-state index < -0.39 is 37.7 Å². The summed E-state index contributed by atoms with van der Waals surface area (Å²) in [5, 5.41) is 12.6. The SMILES string of the molecule is [NH3+]CC(C[C@H]([NH3+])C(=O)[O-])NC(=O)CP(=O)([O-])[O-]. The van der Waals surface area contributed by atoms with Crippen molar-refractivity contribution in [2.24, 2.45) is 0 Å². The maximum Gasteiger partial charge on any atom is 0.225 e. The molecule has 0 saturated carbocycles. The molecule has 0 spiro atoms. The van der Waals surface area contributed by atoms with Gasteiger partial charge in [-0.25, -0.2) is 0 Å². The Morgan fingerprint density at radius 1 is 1.35 bits per heavy atom. The molecule has 0 fully saturated rings. The number of rotatable bonds is 7. The number of aliphatic carboxylic acids is 1. The average Bonchev–Trinajstić information content (AvgIpc) is 2.13. The second-order valence-corrected chi connectivity index (χ2v) is 5.11. The van der Waals surface area contributed by atoms with Crippen LogP contribution in [0.4, 0.5) is 0 Å². The highest BCUT2D eigenvalue weighted by Crippen LogP contribution is 2.21. The minimum Gasteiger partial charge on any atom is -0.810 e. The van der Waals surface area contributed by atoms with Crippen molar-refractivity contribution < 1.29 is 40.5 Å². The summed E-state index contributed by atoms with van der Waals surface area (Å²) in [6, 6.07) is -1.71. The maximum absolute atomic E-state index is 11.1. The lowest BCUT2D eigenvalue weighted by Gasteiger charge is -2.29. The minimum atomic E-state index is -4.92. The van der Waals surface area contributed by atoms with Crippen molar-refractivity contribution >= 4 is 19.5 Å². The van der Waals surface area contributed by atoms with Gasteiger partial charge in [-0.05, 0) is 0 Å². The fourth-order valence-electron chi connectivity index (χ4n) is 1.14. The fourth-order valence-corrected chi connectivity index (χ4v) is 1.58. The molecule has 0 heterocycles. The molecule has 10 heteroatoms. The van der Waals surface area contributed by atoms with Crippen molar-refractivity contribution in [2.45, 2.75) is 18.5 Å². The van der Waals surface area contributed by atoms with E-state index >= 15 is 0 Å². The molecule has 0 aromatic rings. The van der Waals surface area contributed by atoms with Crippen molar-refractivity contribution in [1.82, 2.24) is 5.32 Å². The first-order valence-corrected chi connectivity index (χ1v) is 6.52. The summed E-state index contributed by atoms with van der Waals surface area (Å²) in [5.41, 5.74) is 6.75. The number of carbonyl (C=O) groups is 2. The molecule has 9 nitrogen and oxygen atoms in total. The molecule has 7 N–H and O–H groups in total. The first-order chi connectivity index (χ1) is 7.65. The number of carboxylic acid groups (broad SMARTS) is 1. The third-order valence-electron chi connectivity index (χ3n) is 1.95. The molecule has 0 aromatic heterocycles. The Kier molecular flexibility index (Phi) is 6.29.